The van der Waals surface area contributed by atoms with E-state index >= 15 is 0 Å². The summed E-state index contributed by atoms with van der Waals surface area (Å²) in [6, 6.07) is 17.9. The molecule has 2 heterocycles. The SMILES string of the molecule is COc1ccc(COc2cc(-c3ccc(C(C)(C)C)cc3C)nc3cc[n+]([O-])cc23)cc1. The lowest BCUT2D eigenvalue weighted by Crippen LogP contribution is -2.24. The minimum Gasteiger partial charge on any atom is -0.619 e. The van der Waals surface area contributed by atoms with E-state index in [1.165, 1.54) is 18.0 Å². The van der Waals surface area contributed by atoms with Crippen molar-refractivity contribution in [2.45, 2.75) is 39.7 Å². The zero-order valence-electron chi connectivity index (χ0n) is 19.2. The zero-order valence-corrected chi connectivity index (χ0v) is 19.2. The Labute approximate surface area is 188 Å². The van der Waals surface area contributed by atoms with Crippen molar-refractivity contribution in [2.75, 3.05) is 7.11 Å². The molecule has 0 bridgehead atoms. The maximum absolute atomic E-state index is 11.9. The lowest BCUT2D eigenvalue weighted by Gasteiger charge is -2.20. The standard InChI is InChI=1S/C27H28N2O3/c1-18-14-20(27(2,3)4)8-11-22(18)25-15-26(23-16-29(30)13-12-24(23)28-25)32-17-19-6-9-21(31-5)10-7-19/h6-16H,17H2,1-5H3. The first-order chi connectivity index (χ1) is 15.2. The normalized spacial score (nSPS) is 11.5. The van der Waals surface area contributed by atoms with E-state index in [0.717, 1.165) is 38.4 Å². The van der Waals surface area contributed by atoms with E-state index in [9.17, 15) is 5.21 Å². The summed E-state index contributed by atoms with van der Waals surface area (Å²) in [5.41, 5.74) is 6.11. The number of aryl methyl sites for hydroxylation is 1. The number of hydrogen-bond donors (Lipinski definition) is 0. The highest BCUT2D eigenvalue weighted by Gasteiger charge is 2.17. The Morgan fingerprint density at radius 2 is 1.75 bits per heavy atom. The molecule has 0 N–H and O–H groups in total. The van der Waals surface area contributed by atoms with Crippen molar-refractivity contribution in [2.24, 2.45) is 0 Å². The molecule has 0 aliphatic heterocycles. The van der Waals surface area contributed by atoms with Crippen LogP contribution in [0.4, 0.5) is 0 Å². The van der Waals surface area contributed by atoms with Gasteiger partial charge < -0.3 is 14.7 Å². The Morgan fingerprint density at radius 1 is 1.00 bits per heavy atom. The monoisotopic (exact) mass is 428 g/mol. The van der Waals surface area contributed by atoms with Gasteiger partial charge in [-0.3, -0.25) is 0 Å². The fourth-order valence-corrected chi connectivity index (χ4v) is 3.68. The van der Waals surface area contributed by atoms with Crippen LogP contribution in [0, 0.1) is 12.1 Å². The summed E-state index contributed by atoms with van der Waals surface area (Å²) < 4.78 is 12.2. The molecule has 2 aromatic heterocycles. The van der Waals surface area contributed by atoms with E-state index in [2.05, 4.69) is 45.9 Å². The number of rotatable bonds is 5. The molecule has 0 unspecified atom stereocenters. The maximum atomic E-state index is 11.9. The van der Waals surface area contributed by atoms with Crippen molar-refractivity contribution < 1.29 is 14.2 Å². The molecule has 5 nitrogen and oxygen atoms in total. The molecule has 164 valence electrons. The third-order valence-corrected chi connectivity index (χ3v) is 5.61. The molecule has 0 atom stereocenters. The molecule has 5 heteroatoms. The molecule has 0 spiro atoms. The van der Waals surface area contributed by atoms with Crippen molar-refractivity contribution in [3.8, 4) is 22.8 Å². The Balaban J connectivity index is 1.74. The van der Waals surface area contributed by atoms with Gasteiger partial charge in [-0.15, -0.1) is 0 Å². The molecule has 0 saturated carbocycles. The summed E-state index contributed by atoms with van der Waals surface area (Å²) in [6.45, 7) is 9.10. The summed E-state index contributed by atoms with van der Waals surface area (Å²) in [6.07, 6.45) is 2.97. The van der Waals surface area contributed by atoms with Gasteiger partial charge in [0.1, 0.15) is 23.5 Å². The second-order valence-corrected chi connectivity index (χ2v) is 9.03. The second-order valence-electron chi connectivity index (χ2n) is 9.03. The van der Waals surface area contributed by atoms with Crippen LogP contribution in [0.5, 0.6) is 11.5 Å². The van der Waals surface area contributed by atoms with E-state index in [1.807, 2.05) is 30.3 Å². The predicted octanol–water partition coefficient (Wildman–Crippen LogP) is 5.73. The third kappa shape index (κ3) is 4.52. The topological polar surface area (TPSA) is 58.3 Å². The van der Waals surface area contributed by atoms with Crippen molar-refractivity contribution in [3.63, 3.8) is 0 Å². The molecule has 0 saturated heterocycles. The Bertz CT molecular complexity index is 1260. The first kappa shape index (κ1) is 21.6. The van der Waals surface area contributed by atoms with Gasteiger partial charge in [0, 0.05) is 17.7 Å². The van der Waals surface area contributed by atoms with Gasteiger partial charge in [0.2, 0.25) is 0 Å². The van der Waals surface area contributed by atoms with Gasteiger partial charge in [0.05, 0.1) is 18.3 Å². The quantitative estimate of drug-likeness (QED) is 0.301. The summed E-state index contributed by atoms with van der Waals surface area (Å²) in [5, 5.41) is 12.6. The zero-order chi connectivity index (χ0) is 22.9. The number of fused-ring (bicyclic) bond motifs is 1. The van der Waals surface area contributed by atoms with E-state index in [0.29, 0.717) is 17.7 Å². The fourth-order valence-electron chi connectivity index (χ4n) is 3.68. The molecule has 4 rings (SSSR count). The van der Waals surface area contributed by atoms with Crippen LogP contribution in [0.25, 0.3) is 22.2 Å². The van der Waals surface area contributed by atoms with Gasteiger partial charge in [-0.25, -0.2) is 4.98 Å². The number of aromatic nitrogens is 2. The number of benzene rings is 2. The Kier molecular flexibility index (Phi) is 5.74. The largest absolute Gasteiger partial charge is 0.619 e. The van der Waals surface area contributed by atoms with Crippen molar-refractivity contribution >= 4 is 10.9 Å². The Hall–Kier alpha value is -3.60. The number of pyridine rings is 2. The molecular weight excluding hydrogens is 400 g/mol. The highest BCUT2D eigenvalue weighted by Crippen LogP contribution is 2.33. The van der Waals surface area contributed by atoms with Crippen molar-refractivity contribution in [1.29, 1.82) is 0 Å². The lowest BCUT2D eigenvalue weighted by atomic mass is 9.85. The summed E-state index contributed by atoms with van der Waals surface area (Å²) in [5.74, 6) is 1.43. The summed E-state index contributed by atoms with van der Waals surface area (Å²) in [7, 11) is 1.64. The highest BCUT2D eigenvalue weighted by molar-refractivity contribution is 5.87. The second kappa shape index (κ2) is 8.50. The molecule has 0 fully saturated rings. The van der Waals surface area contributed by atoms with Gasteiger partial charge in [-0.1, -0.05) is 51.1 Å². The van der Waals surface area contributed by atoms with E-state index in [4.69, 9.17) is 14.5 Å². The first-order valence-corrected chi connectivity index (χ1v) is 10.7. The van der Waals surface area contributed by atoms with Crippen LogP contribution in [-0.4, -0.2) is 12.1 Å². The van der Waals surface area contributed by atoms with Crippen LogP contribution >= 0.6 is 0 Å². The van der Waals surface area contributed by atoms with E-state index in [-0.39, 0.29) is 5.41 Å². The molecule has 4 aromatic rings. The number of methoxy groups -OCH3 is 1. The lowest BCUT2D eigenvalue weighted by molar-refractivity contribution is -0.603. The van der Waals surface area contributed by atoms with Gasteiger partial charge in [0.25, 0.3) is 0 Å². The van der Waals surface area contributed by atoms with Crippen LogP contribution in [0.15, 0.2) is 67.0 Å². The first-order valence-electron chi connectivity index (χ1n) is 10.7. The number of hydrogen-bond acceptors (Lipinski definition) is 4. The van der Waals surface area contributed by atoms with Crippen LogP contribution in [-0.2, 0) is 12.0 Å². The van der Waals surface area contributed by atoms with Crippen molar-refractivity contribution in [1.82, 2.24) is 4.98 Å². The maximum Gasteiger partial charge on any atom is 0.193 e. The molecular formula is C27H28N2O3. The van der Waals surface area contributed by atoms with Crippen LogP contribution < -0.4 is 14.2 Å². The minimum atomic E-state index is 0.0779. The fraction of sp³-hybridized carbons (Fsp3) is 0.259. The average molecular weight is 429 g/mol. The number of ether oxygens (including phenoxy) is 2. The molecule has 0 aliphatic carbocycles. The van der Waals surface area contributed by atoms with Crippen LogP contribution in [0.1, 0.15) is 37.5 Å². The highest BCUT2D eigenvalue weighted by atomic mass is 16.5. The smallest absolute Gasteiger partial charge is 0.193 e. The average Bonchev–Trinajstić information content (AvgIpc) is 2.77. The Morgan fingerprint density at radius 3 is 2.41 bits per heavy atom. The third-order valence-electron chi connectivity index (χ3n) is 5.61. The molecule has 32 heavy (non-hydrogen) atoms. The van der Waals surface area contributed by atoms with E-state index in [1.54, 1.807) is 13.2 Å². The summed E-state index contributed by atoms with van der Waals surface area (Å²) >= 11 is 0. The number of nitrogens with zero attached hydrogens (tertiary/aromatic N) is 2. The molecule has 0 amide bonds. The predicted molar refractivity (Wildman–Crippen MR) is 127 cm³/mol. The minimum absolute atomic E-state index is 0.0779. The summed E-state index contributed by atoms with van der Waals surface area (Å²) in [4.78, 5) is 4.83. The van der Waals surface area contributed by atoms with Crippen LogP contribution in [0.2, 0.25) is 0 Å². The van der Waals surface area contributed by atoms with Crippen molar-refractivity contribution in [3.05, 3.63) is 88.9 Å². The van der Waals surface area contributed by atoms with Gasteiger partial charge in [-0.2, -0.15) is 4.73 Å². The van der Waals surface area contributed by atoms with Gasteiger partial charge in [-0.05, 0) is 41.2 Å². The van der Waals surface area contributed by atoms with Gasteiger partial charge >= 0.3 is 0 Å². The van der Waals surface area contributed by atoms with Crippen LogP contribution in [0.3, 0.4) is 0 Å². The molecule has 0 aliphatic rings. The molecule has 2 aromatic carbocycles. The molecule has 0 radical (unpaired) electrons. The van der Waals surface area contributed by atoms with Gasteiger partial charge in [0.15, 0.2) is 12.4 Å². The van der Waals surface area contributed by atoms with E-state index < -0.39 is 0 Å².